The number of nitrogens with zero attached hydrogens (tertiary/aromatic N) is 1. The van der Waals surface area contributed by atoms with Crippen molar-refractivity contribution in [3.63, 3.8) is 0 Å². The van der Waals surface area contributed by atoms with Gasteiger partial charge in [-0.15, -0.1) is 24.0 Å². The Labute approximate surface area is 180 Å². The van der Waals surface area contributed by atoms with E-state index in [1.54, 1.807) is 0 Å². The van der Waals surface area contributed by atoms with Gasteiger partial charge in [0.15, 0.2) is 5.96 Å². The molecular formula is C21H34IN3O2. The van der Waals surface area contributed by atoms with Gasteiger partial charge in [0.25, 0.3) is 0 Å². The molecule has 1 aromatic carbocycles. The second-order valence-corrected chi connectivity index (χ2v) is 7.47. The summed E-state index contributed by atoms with van der Waals surface area (Å²) in [5.74, 6) is 1.31. The van der Waals surface area contributed by atoms with Crippen LogP contribution in [-0.2, 0) is 4.74 Å². The number of benzene rings is 1. The molecule has 1 aromatic rings. The van der Waals surface area contributed by atoms with Crippen LogP contribution >= 0.6 is 24.0 Å². The van der Waals surface area contributed by atoms with Crippen LogP contribution in [0.4, 0.5) is 0 Å². The molecule has 1 saturated carbocycles. The van der Waals surface area contributed by atoms with Crippen LogP contribution in [0.1, 0.15) is 57.1 Å². The van der Waals surface area contributed by atoms with E-state index in [1.165, 1.54) is 5.56 Å². The Morgan fingerprint density at radius 2 is 1.89 bits per heavy atom. The van der Waals surface area contributed by atoms with Crippen molar-refractivity contribution < 1.29 is 9.84 Å². The maximum Gasteiger partial charge on any atom is 0.191 e. The largest absolute Gasteiger partial charge is 0.393 e. The molecular weight excluding hydrogens is 453 g/mol. The van der Waals surface area contributed by atoms with E-state index in [0.29, 0.717) is 12.0 Å². The molecule has 2 fully saturated rings. The van der Waals surface area contributed by atoms with Crippen molar-refractivity contribution in [2.24, 2.45) is 10.9 Å². The van der Waals surface area contributed by atoms with Crippen molar-refractivity contribution >= 4 is 29.9 Å². The first kappa shape index (κ1) is 22.4. The van der Waals surface area contributed by atoms with Crippen molar-refractivity contribution in [1.82, 2.24) is 10.6 Å². The molecule has 1 aliphatic carbocycles. The number of hydrogen-bond acceptors (Lipinski definition) is 3. The Morgan fingerprint density at radius 1 is 1.15 bits per heavy atom. The Balaban J connectivity index is 0.00000261. The third kappa shape index (κ3) is 6.91. The van der Waals surface area contributed by atoms with E-state index >= 15 is 0 Å². The van der Waals surface area contributed by atoms with Gasteiger partial charge in [0.1, 0.15) is 0 Å². The Kier molecular flexibility index (Phi) is 9.86. The molecule has 6 heteroatoms. The molecule has 152 valence electrons. The fourth-order valence-electron chi connectivity index (χ4n) is 3.98. The molecule has 1 saturated heterocycles. The second-order valence-electron chi connectivity index (χ2n) is 7.47. The number of guanidine groups is 1. The SMILES string of the molecule is CCNC(=NCC1CCCOC1c1ccccc1)NC1CCC(O)CC1.I. The molecule has 0 radical (unpaired) electrons. The lowest BCUT2D eigenvalue weighted by Crippen LogP contribution is -2.45. The van der Waals surface area contributed by atoms with Crippen molar-refractivity contribution in [3.05, 3.63) is 35.9 Å². The van der Waals surface area contributed by atoms with E-state index in [0.717, 1.165) is 64.2 Å². The van der Waals surface area contributed by atoms with Crippen LogP contribution in [0.3, 0.4) is 0 Å². The molecule has 2 unspecified atom stereocenters. The van der Waals surface area contributed by atoms with E-state index in [-0.39, 0.29) is 36.2 Å². The van der Waals surface area contributed by atoms with Crippen molar-refractivity contribution in [2.75, 3.05) is 19.7 Å². The van der Waals surface area contributed by atoms with E-state index in [1.807, 2.05) is 6.07 Å². The molecule has 0 spiro atoms. The summed E-state index contributed by atoms with van der Waals surface area (Å²) in [6.45, 7) is 4.55. The number of aliphatic hydroxyl groups is 1. The fourth-order valence-corrected chi connectivity index (χ4v) is 3.98. The lowest BCUT2D eigenvalue weighted by molar-refractivity contribution is -0.0250. The summed E-state index contributed by atoms with van der Waals surface area (Å²) in [6.07, 6.45) is 6.04. The lowest BCUT2D eigenvalue weighted by atomic mass is 9.89. The lowest BCUT2D eigenvalue weighted by Gasteiger charge is -2.32. The summed E-state index contributed by atoms with van der Waals surface area (Å²) >= 11 is 0. The normalized spacial score (nSPS) is 28.9. The van der Waals surface area contributed by atoms with Crippen LogP contribution in [0.25, 0.3) is 0 Å². The summed E-state index contributed by atoms with van der Waals surface area (Å²) in [5.41, 5.74) is 1.26. The van der Waals surface area contributed by atoms with Crippen LogP contribution in [0.2, 0.25) is 0 Å². The van der Waals surface area contributed by atoms with Gasteiger partial charge in [-0.1, -0.05) is 30.3 Å². The van der Waals surface area contributed by atoms with Gasteiger partial charge in [-0.05, 0) is 51.0 Å². The number of halogens is 1. The highest BCUT2D eigenvalue weighted by atomic mass is 127. The van der Waals surface area contributed by atoms with Crippen LogP contribution < -0.4 is 10.6 Å². The zero-order valence-corrected chi connectivity index (χ0v) is 18.6. The average molecular weight is 487 g/mol. The Bertz CT molecular complexity index is 562. The summed E-state index contributed by atoms with van der Waals surface area (Å²) in [6, 6.07) is 10.9. The number of hydrogen-bond donors (Lipinski definition) is 3. The zero-order valence-electron chi connectivity index (χ0n) is 16.3. The van der Waals surface area contributed by atoms with Crippen LogP contribution in [0, 0.1) is 5.92 Å². The summed E-state index contributed by atoms with van der Waals surface area (Å²) in [5, 5.41) is 16.6. The summed E-state index contributed by atoms with van der Waals surface area (Å²) in [4.78, 5) is 4.88. The van der Waals surface area contributed by atoms with Gasteiger partial charge < -0.3 is 20.5 Å². The molecule has 1 heterocycles. The number of aliphatic hydroxyl groups excluding tert-OH is 1. The number of nitrogens with one attached hydrogen (secondary N) is 2. The van der Waals surface area contributed by atoms with Crippen LogP contribution in [0.15, 0.2) is 35.3 Å². The smallest absolute Gasteiger partial charge is 0.191 e. The minimum Gasteiger partial charge on any atom is -0.393 e. The van der Waals surface area contributed by atoms with Crippen LogP contribution in [-0.4, -0.2) is 42.9 Å². The number of aliphatic imine (C=N–C) groups is 1. The quantitative estimate of drug-likeness (QED) is 0.337. The first-order valence-electron chi connectivity index (χ1n) is 10.2. The average Bonchev–Trinajstić information content (AvgIpc) is 2.69. The molecule has 0 aromatic heterocycles. The molecule has 1 aliphatic heterocycles. The van der Waals surface area contributed by atoms with Crippen LogP contribution in [0.5, 0.6) is 0 Å². The van der Waals surface area contributed by atoms with Crippen molar-refractivity contribution in [3.8, 4) is 0 Å². The van der Waals surface area contributed by atoms with Gasteiger partial charge in [-0.3, -0.25) is 4.99 Å². The Hall–Kier alpha value is -0.860. The van der Waals surface area contributed by atoms with E-state index in [9.17, 15) is 5.11 Å². The van der Waals surface area contributed by atoms with Crippen molar-refractivity contribution in [2.45, 2.75) is 63.7 Å². The topological polar surface area (TPSA) is 65.9 Å². The van der Waals surface area contributed by atoms with Gasteiger partial charge >= 0.3 is 0 Å². The summed E-state index contributed by atoms with van der Waals surface area (Å²) < 4.78 is 6.09. The van der Waals surface area contributed by atoms with Gasteiger partial charge in [0, 0.05) is 31.7 Å². The second kappa shape index (κ2) is 11.9. The maximum atomic E-state index is 9.69. The van der Waals surface area contributed by atoms with Crippen molar-refractivity contribution in [1.29, 1.82) is 0 Å². The standard InChI is InChI=1S/C21H33N3O2.HI/c1-2-22-21(24-18-10-12-19(25)13-11-18)23-15-17-9-6-14-26-20(17)16-7-4-3-5-8-16;/h3-5,7-8,17-20,25H,2,6,9-15H2,1H3,(H2,22,23,24);1H. The number of ether oxygens (including phenoxy) is 1. The predicted octanol–water partition coefficient (Wildman–Crippen LogP) is 3.63. The molecule has 3 N–H and O–H groups in total. The highest BCUT2D eigenvalue weighted by Crippen LogP contribution is 2.33. The fraction of sp³-hybridized carbons (Fsp3) is 0.667. The minimum absolute atomic E-state index is 0. The molecule has 3 rings (SSSR count). The van der Waals surface area contributed by atoms with Gasteiger partial charge in [-0.2, -0.15) is 0 Å². The predicted molar refractivity (Wildman–Crippen MR) is 121 cm³/mol. The molecule has 2 atom stereocenters. The minimum atomic E-state index is -0.126. The summed E-state index contributed by atoms with van der Waals surface area (Å²) in [7, 11) is 0. The molecule has 5 nitrogen and oxygen atoms in total. The third-order valence-electron chi connectivity index (χ3n) is 5.44. The molecule has 0 bridgehead atoms. The molecule has 2 aliphatic rings. The first-order valence-corrected chi connectivity index (χ1v) is 10.2. The van der Waals surface area contributed by atoms with Gasteiger partial charge in [0.2, 0.25) is 0 Å². The van der Waals surface area contributed by atoms with Gasteiger partial charge in [0.05, 0.1) is 12.2 Å². The highest BCUT2D eigenvalue weighted by Gasteiger charge is 2.27. The van der Waals surface area contributed by atoms with E-state index in [4.69, 9.17) is 9.73 Å². The monoisotopic (exact) mass is 487 g/mol. The number of rotatable bonds is 5. The zero-order chi connectivity index (χ0) is 18.2. The van der Waals surface area contributed by atoms with Gasteiger partial charge in [-0.25, -0.2) is 0 Å². The highest BCUT2D eigenvalue weighted by molar-refractivity contribution is 14.0. The Morgan fingerprint density at radius 3 is 2.59 bits per heavy atom. The van der Waals surface area contributed by atoms with E-state index in [2.05, 4.69) is 41.8 Å². The molecule has 27 heavy (non-hydrogen) atoms. The maximum absolute atomic E-state index is 9.69. The molecule has 0 amide bonds. The third-order valence-corrected chi connectivity index (χ3v) is 5.44. The first-order chi connectivity index (χ1) is 12.8. The van der Waals surface area contributed by atoms with E-state index < -0.39 is 0 Å².